The molecule has 0 saturated carbocycles. The molecule has 0 amide bonds. The maximum atomic E-state index is 5.55. The van der Waals surface area contributed by atoms with Gasteiger partial charge in [0, 0.05) is 92.0 Å². The van der Waals surface area contributed by atoms with Crippen molar-refractivity contribution >= 4 is 68.8 Å². The summed E-state index contributed by atoms with van der Waals surface area (Å²) in [5, 5.41) is 0. The molecule has 8 bridgehead atoms. The van der Waals surface area contributed by atoms with Crippen molar-refractivity contribution in [3.05, 3.63) is 143 Å². The molecule has 9 heterocycles. The number of H-pyrrole nitrogens is 1. The molecule has 0 unspecified atom stereocenters. The van der Waals surface area contributed by atoms with Gasteiger partial charge < -0.3 is 29.2 Å². The van der Waals surface area contributed by atoms with Crippen molar-refractivity contribution in [2.45, 2.75) is 105 Å². The second-order valence-electron chi connectivity index (χ2n) is 19.2. The van der Waals surface area contributed by atoms with Crippen LogP contribution in [0.5, 0.6) is 0 Å². The zero-order valence-electron chi connectivity index (χ0n) is 41.4. The summed E-state index contributed by atoms with van der Waals surface area (Å²) in [4.78, 5) is 24.4. The van der Waals surface area contributed by atoms with Crippen molar-refractivity contribution in [3.63, 3.8) is 0 Å². The first-order valence-electron chi connectivity index (χ1n) is 26.2. The third-order valence-corrected chi connectivity index (χ3v) is 14.0. The van der Waals surface area contributed by atoms with E-state index in [-0.39, 0.29) is 0 Å². The van der Waals surface area contributed by atoms with Crippen molar-refractivity contribution in [1.29, 1.82) is 0 Å². The lowest BCUT2D eigenvalue weighted by Crippen LogP contribution is -2.22. The van der Waals surface area contributed by atoms with E-state index in [0.717, 1.165) is 97.2 Å². The third-order valence-electron chi connectivity index (χ3n) is 14.0. The highest BCUT2D eigenvalue weighted by atomic mass is 15.1. The Labute approximate surface area is 406 Å². The van der Waals surface area contributed by atoms with Crippen LogP contribution in [0.4, 0.5) is 0 Å². The molecule has 3 aromatic rings. The fourth-order valence-corrected chi connectivity index (χ4v) is 10.2. The Kier molecular flexibility index (Phi) is 15.6. The van der Waals surface area contributed by atoms with Gasteiger partial charge in [0.2, 0.25) is 0 Å². The molecular formula is C60H74N8. The van der Waals surface area contributed by atoms with Crippen LogP contribution in [0.25, 0.3) is 68.8 Å². The number of rotatable bonds is 20. The molecule has 0 radical (unpaired) electrons. The van der Waals surface area contributed by atoms with Crippen molar-refractivity contribution in [2.75, 3.05) is 52.4 Å². The van der Waals surface area contributed by atoms with Crippen molar-refractivity contribution in [1.82, 2.24) is 39.1 Å². The van der Waals surface area contributed by atoms with Gasteiger partial charge in [0.15, 0.2) is 0 Å². The van der Waals surface area contributed by atoms with E-state index in [0.29, 0.717) is 0 Å². The molecule has 0 atom stereocenters. The molecule has 1 N–H and O–H groups in total. The van der Waals surface area contributed by atoms with Crippen LogP contribution < -0.4 is 0 Å². The number of hydrogen-bond donors (Lipinski definition) is 1. The second-order valence-corrected chi connectivity index (χ2v) is 19.2. The van der Waals surface area contributed by atoms with E-state index < -0.39 is 0 Å². The van der Waals surface area contributed by atoms with Crippen molar-refractivity contribution in [3.8, 4) is 0 Å². The van der Waals surface area contributed by atoms with Gasteiger partial charge in [-0.3, -0.25) is 0 Å². The number of nitrogens with zero attached hydrogens (tertiary/aromatic N) is 7. The van der Waals surface area contributed by atoms with Crippen molar-refractivity contribution in [2.24, 2.45) is 0 Å². The normalized spacial score (nSPS) is 16.5. The summed E-state index contributed by atoms with van der Waals surface area (Å²) in [7, 11) is 0. The minimum Gasteiger partial charge on any atom is -0.374 e. The summed E-state index contributed by atoms with van der Waals surface area (Å²) >= 11 is 0. The molecular weight excluding hydrogens is 833 g/mol. The lowest BCUT2D eigenvalue weighted by atomic mass is 9.90. The average Bonchev–Trinajstić information content (AvgIpc) is 4.19. The van der Waals surface area contributed by atoms with Gasteiger partial charge in [-0.2, -0.15) is 0 Å². The van der Waals surface area contributed by atoms with Crippen LogP contribution in [-0.4, -0.2) is 91.5 Å². The zero-order chi connectivity index (χ0) is 46.7. The first kappa shape index (κ1) is 46.8. The Balaban J connectivity index is 1.37. The monoisotopic (exact) mass is 907 g/mol. The van der Waals surface area contributed by atoms with Gasteiger partial charge in [-0.1, -0.05) is 97.3 Å². The standard InChI is InChI=1S/C60H74N8/c1-5-9-13-31-64-35-23-46(24-36-64)57-55-22-21-52(63-55)44-51-18-17-49(61-51)43-50-19-20-53(62-50)45-56-58(47-25-37-65(38-26-47)32-14-10-6-2)59(48-27-39-66(40-28-48)33-15-11-7-3)60(57)68(56)54-29-41-67(42-30-54)34-16-12-8-4/h17-30,35,37,39,41,43-45,61H,5-16,31-34,36,38,40,42H2,1-4H3. The van der Waals surface area contributed by atoms with E-state index in [9.17, 15) is 0 Å². The van der Waals surface area contributed by atoms with E-state index in [1.165, 1.54) is 116 Å². The van der Waals surface area contributed by atoms with E-state index in [1.54, 1.807) is 0 Å². The van der Waals surface area contributed by atoms with Gasteiger partial charge in [-0.15, -0.1) is 0 Å². The largest absolute Gasteiger partial charge is 0.374 e. The molecule has 354 valence electrons. The maximum absolute atomic E-state index is 5.55. The lowest BCUT2D eigenvalue weighted by Gasteiger charge is -2.26. The van der Waals surface area contributed by atoms with E-state index in [2.05, 4.69) is 185 Å². The first-order valence-corrected chi connectivity index (χ1v) is 26.2. The van der Waals surface area contributed by atoms with E-state index in [4.69, 9.17) is 9.97 Å². The minimum absolute atomic E-state index is 0.852. The van der Waals surface area contributed by atoms with Gasteiger partial charge in [0.05, 0.1) is 33.8 Å². The summed E-state index contributed by atoms with van der Waals surface area (Å²) in [5.41, 5.74) is 16.6. The average molecular weight is 907 g/mol. The summed E-state index contributed by atoms with van der Waals surface area (Å²) in [6.07, 6.45) is 52.2. The van der Waals surface area contributed by atoms with Crippen LogP contribution in [0.2, 0.25) is 0 Å². The van der Waals surface area contributed by atoms with Gasteiger partial charge in [-0.25, -0.2) is 9.97 Å². The Bertz CT molecular complexity index is 2770. The summed E-state index contributed by atoms with van der Waals surface area (Å²) < 4.78 is 2.59. The SMILES string of the molecule is CCCCCN1C=CC(c2c(C3=CCN(CCCCC)C=C3)c3c(C4=CCN(CCCCC)C=C4)c4nc(cc5ccc(cc6nc(cc2n3C2=CCN(CCCCC)C=C2)C=C6)[nH]5)C=C4)=CC1. The predicted molar refractivity (Wildman–Crippen MR) is 292 cm³/mol. The Morgan fingerprint density at radius 2 is 0.882 bits per heavy atom. The minimum atomic E-state index is 0.852. The smallest absolute Gasteiger partial charge is 0.0737 e. The number of allylic oxidation sites excluding steroid dienone is 8. The highest BCUT2D eigenvalue weighted by Gasteiger charge is 2.29. The lowest BCUT2D eigenvalue weighted by molar-refractivity contribution is 0.396. The highest BCUT2D eigenvalue weighted by molar-refractivity contribution is 6.08. The molecule has 9 rings (SSSR count). The zero-order valence-corrected chi connectivity index (χ0v) is 41.4. The molecule has 8 nitrogen and oxygen atoms in total. The van der Waals surface area contributed by atoms with E-state index >= 15 is 0 Å². The number of aromatic amines is 1. The molecule has 68 heavy (non-hydrogen) atoms. The topological polar surface area (TPSA) is 59.5 Å². The number of nitrogens with one attached hydrogen (secondary N) is 1. The highest BCUT2D eigenvalue weighted by Crippen LogP contribution is 2.45. The summed E-state index contributed by atoms with van der Waals surface area (Å²) in [6, 6.07) is 10.9. The number of unbranched alkanes of at least 4 members (excludes halogenated alkanes) is 8. The fraction of sp³-hybridized carbons (Fsp3) is 0.400. The number of hydrogen-bond acceptors (Lipinski definition) is 6. The summed E-state index contributed by atoms with van der Waals surface area (Å²) in [5.74, 6) is 0. The molecule has 0 aromatic carbocycles. The second kappa shape index (κ2) is 22.7. The van der Waals surface area contributed by atoms with Crippen molar-refractivity contribution < 1.29 is 0 Å². The Hall–Kier alpha value is -6.28. The van der Waals surface area contributed by atoms with Crippen LogP contribution in [0, 0.1) is 0 Å². The van der Waals surface area contributed by atoms with Crippen LogP contribution in [-0.2, 0) is 0 Å². The summed E-state index contributed by atoms with van der Waals surface area (Å²) in [6.45, 7) is 16.8. The predicted octanol–water partition coefficient (Wildman–Crippen LogP) is 14.2. The number of aromatic nitrogens is 4. The molecule has 3 aromatic heterocycles. The third kappa shape index (κ3) is 11.0. The fourth-order valence-electron chi connectivity index (χ4n) is 10.2. The van der Waals surface area contributed by atoms with Crippen LogP contribution >= 0.6 is 0 Å². The molecule has 6 aliphatic rings. The Morgan fingerprint density at radius 3 is 1.35 bits per heavy atom. The van der Waals surface area contributed by atoms with Gasteiger partial charge in [0.25, 0.3) is 0 Å². The van der Waals surface area contributed by atoms with Crippen LogP contribution in [0.15, 0.2) is 104 Å². The maximum Gasteiger partial charge on any atom is 0.0737 e. The molecule has 0 aliphatic carbocycles. The quantitative estimate of drug-likeness (QED) is 0.0785. The first-order chi connectivity index (χ1) is 33.5. The van der Waals surface area contributed by atoms with Gasteiger partial charge in [-0.05, 0) is 146 Å². The van der Waals surface area contributed by atoms with Gasteiger partial charge >= 0.3 is 0 Å². The molecule has 0 spiro atoms. The number of fused-ring (bicyclic) bond motifs is 8. The van der Waals surface area contributed by atoms with Gasteiger partial charge in [0.1, 0.15) is 0 Å². The molecule has 8 heteroatoms. The van der Waals surface area contributed by atoms with E-state index in [1.807, 2.05) is 0 Å². The molecule has 0 saturated heterocycles. The van der Waals surface area contributed by atoms with Crippen LogP contribution in [0.3, 0.4) is 0 Å². The molecule has 6 aliphatic heterocycles. The Morgan fingerprint density at radius 1 is 0.441 bits per heavy atom. The molecule has 0 fully saturated rings. The van der Waals surface area contributed by atoms with Crippen LogP contribution in [0.1, 0.15) is 144 Å².